The largest absolute Gasteiger partial charge is 0.457 e. The number of ether oxygens (including phenoxy) is 1. The fourth-order valence-electron chi connectivity index (χ4n) is 4.83. The maximum atomic E-state index is 13.5. The van der Waals surface area contributed by atoms with Crippen molar-refractivity contribution < 1.29 is 18.8 Å². The molecule has 2 aromatic rings. The van der Waals surface area contributed by atoms with Crippen LogP contribution in [-0.4, -0.2) is 59.5 Å². The van der Waals surface area contributed by atoms with Gasteiger partial charge in [0.1, 0.15) is 28.5 Å². The molecular weight excluding hydrogens is 499 g/mol. The number of aromatic nitrogens is 2. The molecule has 0 saturated carbocycles. The van der Waals surface area contributed by atoms with E-state index in [0.717, 1.165) is 20.3 Å². The minimum Gasteiger partial charge on any atom is -0.457 e. The van der Waals surface area contributed by atoms with Gasteiger partial charge in [0.25, 0.3) is 0 Å². The summed E-state index contributed by atoms with van der Waals surface area (Å²) in [5, 5.41) is 0.983. The minimum absolute atomic E-state index is 0.0384. The van der Waals surface area contributed by atoms with E-state index in [2.05, 4.69) is 52.4 Å². The van der Waals surface area contributed by atoms with Crippen LogP contribution in [0.25, 0.3) is 10.4 Å². The number of imidazole rings is 1. The summed E-state index contributed by atoms with van der Waals surface area (Å²) < 4.78 is 14.1. The first-order valence-corrected chi connectivity index (χ1v) is 16.8. The molecule has 0 bridgehead atoms. The summed E-state index contributed by atoms with van der Waals surface area (Å²) in [6, 6.07) is -0.136. The Hall–Kier alpha value is -1.88. The average Bonchev–Trinajstić information content (AvgIpc) is 3.40. The number of esters is 1. The molecular formula is C25H35N3O4S2Si. The predicted molar refractivity (Wildman–Crippen MR) is 144 cm³/mol. The van der Waals surface area contributed by atoms with Gasteiger partial charge in [-0.2, -0.15) is 0 Å². The molecule has 0 radical (unpaired) electrons. The minimum atomic E-state index is -2.07. The molecule has 1 saturated heterocycles. The first-order chi connectivity index (χ1) is 16.3. The van der Waals surface area contributed by atoms with Gasteiger partial charge in [-0.15, -0.1) is 23.1 Å². The van der Waals surface area contributed by atoms with Crippen LogP contribution in [0.1, 0.15) is 39.5 Å². The number of fused-ring (bicyclic) bond motifs is 2. The van der Waals surface area contributed by atoms with Gasteiger partial charge < -0.3 is 14.1 Å². The van der Waals surface area contributed by atoms with Gasteiger partial charge in [-0.05, 0) is 31.3 Å². The molecule has 2 aromatic heterocycles. The molecule has 10 heteroatoms. The van der Waals surface area contributed by atoms with Crippen LogP contribution < -0.4 is 0 Å². The molecule has 190 valence electrons. The first-order valence-electron chi connectivity index (χ1n) is 11.9. The molecule has 35 heavy (non-hydrogen) atoms. The lowest BCUT2D eigenvalue weighted by atomic mass is 9.77. The summed E-state index contributed by atoms with van der Waals surface area (Å²) >= 11 is 3.18. The van der Waals surface area contributed by atoms with Crippen molar-refractivity contribution in [2.24, 2.45) is 11.8 Å². The zero-order chi connectivity index (χ0) is 25.9. The Morgan fingerprint density at radius 3 is 2.69 bits per heavy atom. The summed E-state index contributed by atoms with van der Waals surface area (Å²) in [4.78, 5) is 34.8. The molecule has 1 fully saturated rings. The highest BCUT2D eigenvalue weighted by Gasteiger charge is 2.61. The molecule has 2 aliphatic heterocycles. The molecule has 0 aliphatic carbocycles. The topological polar surface area (TPSA) is 73.1 Å². The molecule has 4 rings (SSSR count). The van der Waals surface area contributed by atoms with E-state index in [0.29, 0.717) is 5.70 Å². The van der Waals surface area contributed by atoms with Gasteiger partial charge in [0, 0.05) is 17.7 Å². The Balaban J connectivity index is 1.72. The van der Waals surface area contributed by atoms with Gasteiger partial charge in [-0.3, -0.25) is 9.20 Å². The van der Waals surface area contributed by atoms with E-state index < -0.39 is 14.3 Å². The van der Waals surface area contributed by atoms with Crippen molar-refractivity contribution >= 4 is 53.7 Å². The molecule has 2 aliphatic rings. The number of β-lactam (4-membered cyclic amide) rings is 1. The Bertz CT molecular complexity index is 1210. The molecule has 4 atom stereocenters. The van der Waals surface area contributed by atoms with E-state index in [1.54, 1.807) is 34.3 Å². The van der Waals surface area contributed by atoms with Gasteiger partial charge in [0.15, 0.2) is 8.32 Å². The highest BCUT2D eigenvalue weighted by atomic mass is 32.2. The van der Waals surface area contributed by atoms with Gasteiger partial charge in [0.05, 0.1) is 22.9 Å². The molecule has 0 spiro atoms. The maximum Gasteiger partial charge on any atom is 0.355 e. The molecule has 1 amide bonds. The van der Waals surface area contributed by atoms with Crippen molar-refractivity contribution in [3.63, 3.8) is 0 Å². The highest BCUT2D eigenvalue weighted by molar-refractivity contribution is 7.98. The van der Waals surface area contributed by atoms with Crippen LogP contribution in [0.2, 0.25) is 18.1 Å². The third kappa shape index (κ3) is 4.22. The molecule has 0 N–H and O–H groups in total. The van der Waals surface area contributed by atoms with Crippen molar-refractivity contribution in [1.29, 1.82) is 0 Å². The number of thiazole rings is 1. The predicted octanol–water partition coefficient (Wildman–Crippen LogP) is 5.45. The van der Waals surface area contributed by atoms with E-state index in [1.807, 2.05) is 23.8 Å². The van der Waals surface area contributed by atoms with Crippen molar-refractivity contribution in [1.82, 2.24) is 14.3 Å². The zero-order valence-electron chi connectivity index (χ0n) is 21.7. The van der Waals surface area contributed by atoms with Crippen molar-refractivity contribution in [2.45, 2.75) is 69.9 Å². The van der Waals surface area contributed by atoms with Crippen LogP contribution in [0.15, 0.2) is 35.9 Å². The summed E-state index contributed by atoms with van der Waals surface area (Å²) in [6.45, 7) is 18.8. The average molecular weight is 534 g/mol. The van der Waals surface area contributed by atoms with E-state index in [9.17, 15) is 9.59 Å². The Kier molecular flexibility index (Phi) is 6.89. The summed E-state index contributed by atoms with van der Waals surface area (Å²) in [5.41, 5.74) is 1.22. The summed E-state index contributed by atoms with van der Waals surface area (Å²) in [6.07, 6.45) is 7.09. The lowest BCUT2D eigenvalue weighted by Gasteiger charge is -2.50. The smallest absolute Gasteiger partial charge is 0.355 e. The number of carbonyl (C=O) groups excluding carboxylic acids is 2. The lowest BCUT2D eigenvalue weighted by molar-refractivity contribution is -0.163. The number of amides is 1. The van der Waals surface area contributed by atoms with Crippen molar-refractivity contribution in [3.8, 4) is 0 Å². The van der Waals surface area contributed by atoms with Crippen LogP contribution in [0, 0.1) is 11.8 Å². The number of hydrogen-bond donors (Lipinski definition) is 0. The third-order valence-corrected chi connectivity index (χ3v) is 14.1. The van der Waals surface area contributed by atoms with Crippen LogP contribution in [0.4, 0.5) is 0 Å². The Morgan fingerprint density at radius 1 is 1.40 bits per heavy atom. The van der Waals surface area contributed by atoms with Gasteiger partial charge in [-0.1, -0.05) is 40.3 Å². The molecule has 0 aromatic carbocycles. The fourth-order valence-corrected chi connectivity index (χ4v) is 8.18. The zero-order valence-corrected chi connectivity index (χ0v) is 24.4. The van der Waals surface area contributed by atoms with E-state index in [4.69, 9.17) is 9.16 Å². The van der Waals surface area contributed by atoms with Crippen LogP contribution in [-0.2, 0) is 18.8 Å². The Morgan fingerprint density at radius 2 is 2.09 bits per heavy atom. The van der Waals surface area contributed by atoms with Crippen molar-refractivity contribution in [2.75, 3.05) is 12.9 Å². The number of rotatable bonds is 8. The van der Waals surface area contributed by atoms with Crippen LogP contribution in [0.5, 0.6) is 0 Å². The Labute approximate surface area is 216 Å². The highest BCUT2D eigenvalue weighted by Crippen LogP contribution is 2.53. The normalized spacial score (nSPS) is 23.5. The second-order valence-electron chi connectivity index (χ2n) is 10.8. The quantitative estimate of drug-likeness (QED) is 0.148. The van der Waals surface area contributed by atoms with Gasteiger partial charge >= 0.3 is 5.97 Å². The van der Waals surface area contributed by atoms with E-state index in [1.165, 1.54) is 6.08 Å². The van der Waals surface area contributed by atoms with Gasteiger partial charge in [0.2, 0.25) is 5.91 Å². The lowest BCUT2D eigenvalue weighted by Crippen LogP contribution is -2.65. The van der Waals surface area contributed by atoms with E-state index >= 15 is 0 Å². The van der Waals surface area contributed by atoms with Crippen LogP contribution >= 0.6 is 23.1 Å². The van der Waals surface area contributed by atoms with E-state index in [-0.39, 0.29) is 41.5 Å². The number of nitrogens with zero attached hydrogens (tertiary/aromatic N) is 3. The first kappa shape index (κ1) is 26.2. The number of carbonyl (C=O) groups is 2. The summed E-state index contributed by atoms with van der Waals surface area (Å²) in [5.74, 6) is -0.889. The van der Waals surface area contributed by atoms with Gasteiger partial charge in [-0.25, -0.2) is 9.78 Å². The third-order valence-electron chi connectivity index (χ3n) is 7.61. The standard InChI is InChI=1S/C25H35N3O4S2Si/c1-10-11-31-24(30)20-17(16-12-27-13-26-21(33-7)23(27)34-16)14(2)19-18(22(29)28(19)20)15(3)32-35(8,9)25(4,5)6/h10,12-15,18-19H,1,11H2,2-9H3/t14-,15+,18+,19+/m0/s1. The SMILES string of the molecule is C=CCOC(=O)C1=C(c2cn3cnc(SC)c3s2)[C@H](C)[C@@H]2[C@@H]([C@@H](C)O[Si](C)(C)C(C)(C)C)C(=O)N12. The molecule has 4 heterocycles. The molecule has 0 unspecified atom stereocenters. The van der Waals surface area contributed by atoms with Crippen molar-refractivity contribution in [3.05, 3.63) is 35.8 Å². The maximum absolute atomic E-state index is 13.5. The fraction of sp³-hybridized carbons (Fsp3) is 0.560. The second kappa shape index (κ2) is 9.21. The number of thioether (sulfide) groups is 1. The monoisotopic (exact) mass is 533 g/mol. The second-order valence-corrected chi connectivity index (χ2v) is 17.4. The van der Waals surface area contributed by atoms with Crippen LogP contribution in [0.3, 0.4) is 0 Å². The number of hydrogen-bond acceptors (Lipinski definition) is 7. The summed E-state index contributed by atoms with van der Waals surface area (Å²) in [7, 11) is -2.07. The molecule has 7 nitrogen and oxygen atoms in total.